The second-order valence-electron chi connectivity index (χ2n) is 12.1. The molecule has 0 spiro atoms. The van der Waals surface area contributed by atoms with E-state index in [9.17, 15) is 0 Å². The Morgan fingerprint density at radius 3 is 1.79 bits per heavy atom. The second-order valence-corrected chi connectivity index (χ2v) is 13.2. The summed E-state index contributed by atoms with van der Waals surface area (Å²) >= 11 is 1.94. The van der Waals surface area contributed by atoms with Crippen LogP contribution in [0.3, 0.4) is 0 Å². The molecule has 5 rings (SSSR count). The third-order valence-electron chi connectivity index (χ3n) is 8.57. The van der Waals surface area contributed by atoms with Gasteiger partial charge in [-0.2, -0.15) is 0 Å². The first-order valence-electron chi connectivity index (χ1n) is 17.0. The lowest BCUT2D eigenvalue weighted by molar-refractivity contribution is 0.529. The Bertz CT molecular complexity index is 1230. The van der Waals surface area contributed by atoms with Crippen molar-refractivity contribution in [3.8, 4) is 0 Å². The minimum atomic E-state index is 1.10. The SMILES string of the molecule is CCCCCCCCCCCCCCCCCCc1ccc2c(c1)Cc1ccccc1S2.c1ccc2cnccc2c1. The quantitative estimate of drug-likeness (QED) is 0.102. The van der Waals surface area contributed by atoms with E-state index in [4.69, 9.17) is 0 Å². The Balaban J connectivity index is 0.000000337. The molecule has 1 aromatic heterocycles. The minimum Gasteiger partial charge on any atom is -0.264 e. The van der Waals surface area contributed by atoms with Crippen LogP contribution in [0.15, 0.2) is 95.0 Å². The molecule has 4 aromatic rings. The average Bonchev–Trinajstić information content (AvgIpc) is 3.04. The summed E-state index contributed by atoms with van der Waals surface area (Å²) in [4.78, 5) is 6.91. The van der Waals surface area contributed by atoms with Crippen LogP contribution >= 0.6 is 11.8 Å². The molecule has 0 saturated heterocycles. The van der Waals surface area contributed by atoms with Crippen LogP contribution in [-0.4, -0.2) is 4.98 Å². The number of benzene rings is 3. The van der Waals surface area contributed by atoms with Gasteiger partial charge in [0.2, 0.25) is 0 Å². The third kappa shape index (κ3) is 11.6. The molecule has 0 atom stereocenters. The van der Waals surface area contributed by atoms with E-state index in [1.165, 1.54) is 146 Å². The normalized spacial score (nSPS) is 11.9. The molecule has 0 radical (unpaired) electrons. The first-order valence-corrected chi connectivity index (χ1v) is 17.8. The summed E-state index contributed by atoms with van der Waals surface area (Å²) in [6.07, 6.45) is 29.1. The van der Waals surface area contributed by atoms with Gasteiger partial charge in [0.05, 0.1) is 0 Å². The van der Waals surface area contributed by atoms with Gasteiger partial charge in [-0.3, -0.25) is 4.98 Å². The van der Waals surface area contributed by atoms with Gasteiger partial charge in [-0.1, -0.05) is 170 Å². The lowest BCUT2D eigenvalue weighted by Gasteiger charge is -2.19. The van der Waals surface area contributed by atoms with E-state index in [1.807, 2.05) is 42.4 Å². The molecule has 0 fully saturated rings. The third-order valence-corrected chi connectivity index (χ3v) is 9.80. The summed E-state index contributed by atoms with van der Waals surface area (Å²) in [7, 11) is 0. The summed E-state index contributed by atoms with van der Waals surface area (Å²) in [5, 5.41) is 2.45. The average molecular weight is 580 g/mol. The molecule has 0 N–H and O–H groups in total. The summed E-state index contributed by atoms with van der Waals surface area (Å²) in [5.74, 6) is 0. The fraction of sp³-hybridized carbons (Fsp3) is 0.475. The van der Waals surface area contributed by atoms with Crippen molar-refractivity contribution >= 4 is 22.5 Å². The molecular weight excluding hydrogens is 527 g/mol. The highest BCUT2D eigenvalue weighted by Crippen LogP contribution is 2.39. The van der Waals surface area contributed by atoms with Crippen molar-refractivity contribution in [2.45, 2.75) is 132 Å². The van der Waals surface area contributed by atoms with Crippen molar-refractivity contribution in [1.82, 2.24) is 4.98 Å². The summed E-state index contributed by atoms with van der Waals surface area (Å²) in [5.41, 5.74) is 4.56. The van der Waals surface area contributed by atoms with Crippen LogP contribution in [0.5, 0.6) is 0 Å². The molecule has 1 aliphatic rings. The lowest BCUT2D eigenvalue weighted by Crippen LogP contribution is -2.00. The molecule has 0 bridgehead atoms. The number of aromatic nitrogens is 1. The highest BCUT2D eigenvalue weighted by Gasteiger charge is 2.15. The number of pyridine rings is 1. The fourth-order valence-electron chi connectivity index (χ4n) is 6.00. The predicted octanol–water partition coefficient (Wildman–Crippen LogP) is 12.8. The van der Waals surface area contributed by atoms with Gasteiger partial charge in [-0.15, -0.1) is 0 Å². The number of fused-ring (bicyclic) bond motifs is 3. The Morgan fingerprint density at radius 1 is 0.548 bits per heavy atom. The van der Waals surface area contributed by atoms with Crippen molar-refractivity contribution < 1.29 is 0 Å². The Hall–Kier alpha value is -2.58. The number of nitrogens with zero attached hydrogens (tertiary/aromatic N) is 1. The van der Waals surface area contributed by atoms with E-state index in [-0.39, 0.29) is 0 Å². The maximum atomic E-state index is 4.01. The van der Waals surface area contributed by atoms with Crippen LogP contribution in [0, 0.1) is 0 Å². The highest BCUT2D eigenvalue weighted by molar-refractivity contribution is 7.99. The summed E-state index contributed by atoms with van der Waals surface area (Å²) in [6.45, 7) is 2.30. The van der Waals surface area contributed by atoms with Gasteiger partial charge in [0.1, 0.15) is 0 Å². The molecule has 0 aliphatic carbocycles. The fourth-order valence-corrected chi connectivity index (χ4v) is 7.06. The molecule has 1 nitrogen and oxygen atoms in total. The van der Waals surface area contributed by atoms with Crippen molar-refractivity contribution in [3.63, 3.8) is 0 Å². The molecule has 0 amide bonds. The predicted molar refractivity (Wildman–Crippen MR) is 185 cm³/mol. The number of hydrogen-bond acceptors (Lipinski definition) is 2. The van der Waals surface area contributed by atoms with Gasteiger partial charge in [0.15, 0.2) is 0 Å². The monoisotopic (exact) mass is 579 g/mol. The lowest BCUT2D eigenvalue weighted by atomic mass is 9.99. The molecular formula is C40H53NS. The van der Waals surface area contributed by atoms with Gasteiger partial charge in [0, 0.05) is 22.2 Å². The van der Waals surface area contributed by atoms with Gasteiger partial charge in [0.25, 0.3) is 0 Å². The standard InChI is InChI=1S/C31H46S.C9H7N/c1-2-3-4-5-6-7-8-9-10-11-12-13-14-15-16-17-20-27-23-24-31-29(25-27)26-28-21-18-19-22-30(28)32-31;1-2-4-9-7-10-6-5-8(9)3-1/h18-19,21-25H,2-17,20,26H2,1H3;1-7H. The molecule has 0 unspecified atom stereocenters. The maximum Gasteiger partial charge on any atom is 0.0346 e. The number of aryl methyl sites for hydroxylation is 1. The van der Waals surface area contributed by atoms with E-state index in [1.54, 1.807) is 0 Å². The molecule has 2 heteroatoms. The van der Waals surface area contributed by atoms with Crippen LogP contribution in [0.1, 0.15) is 126 Å². The van der Waals surface area contributed by atoms with E-state index in [2.05, 4.69) is 66.5 Å². The zero-order valence-corrected chi connectivity index (χ0v) is 27.0. The van der Waals surface area contributed by atoms with E-state index in [0.29, 0.717) is 0 Å². The molecule has 3 aromatic carbocycles. The Kier molecular flexibility index (Phi) is 15.1. The Morgan fingerprint density at radius 2 is 1.12 bits per heavy atom. The van der Waals surface area contributed by atoms with Crippen molar-refractivity contribution in [2.24, 2.45) is 0 Å². The largest absolute Gasteiger partial charge is 0.264 e. The van der Waals surface area contributed by atoms with Crippen LogP contribution in [0.25, 0.3) is 10.8 Å². The van der Waals surface area contributed by atoms with Gasteiger partial charge in [-0.05, 0) is 64.9 Å². The smallest absolute Gasteiger partial charge is 0.0346 e. The van der Waals surface area contributed by atoms with E-state index >= 15 is 0 Å². The van der Waals surface area contributed by atoms with Crippen LogP contribution in [0.4, 0.5) is 0 Å². The number of unbranched alkanes of at least 4 members (excludes halogenated alkanes) is 15. The summed E-state index contributed by atoms with van der Waals surface area (Å²) < 4.78 is 0. The first-order chi connectivity index (χ1) is 20.8. The zero-order valence-electron chi connectivity index (χ0n) is 26.2. The highest BCUT2D eigenvalue weighted by atomic mass is 32.2. The number of rotatable bonds is 17. The second kappa shape index (κ2) is 19.6. The van der Waals surface area contributed by atoms with Crippen molar-refractivity contribution in [3.05, 3.63) is 102 Å². The molecule has 224 valence electrons. The molecule has 2 heterocycles. The first kappa shape index (κ1) is 32.3. The van der Waals surface area contributed by atoms with E-state index < -0.39 is 0 Å². The van der Waals surface area contributed by atoms with Gasteiger partial charge >= 0.3 is 0 Å². The van der Waals surface area contributed by atoms with Crippen molar-refractivity contribution in [2.75, 3.05) is 0 Å². The molecule has 42 heavy (non-hydrogen) atoms. The minimum absolute atomic E-state index is 1.10. The van der Waals surface area contributed by atoms with Crippen LogP contribution in [-0.2, 0) is 12.8 Å². The number of hydrogen-bond donors (Lipinski definition) is 0. The summed E-state index contributed by atoms with van der Waals surface area (Å²) in [6, 6.07) is 26.3. The molecule has 1 aliphatic heterocycles. The molecule has 0 saturated carbocycles. The van der Waals surface area contributed by atoms with Gasteiger partial charge in [-0.25, -0.2) is 0 Å². The Labute approximate surface area is 261 Å². The topological polar surface area (TPSA) is 12.9 Å². The van der Waals surface area contributed by atoms with Gasteiger partial charge < -0.3 is 0 Å². The van der Waals surface area contributed by atoms with Crippen LogP contribution < -0.4 is 0 Å². The van der Waals surface area contributed by atoms with Crippen molar-refractivity contribution in [1.29, 1.82) is 0 Å². The van der Waals surface area contributed by atoms with Crippen LogP contribution in [0.2, 0.25) is 0 Å². The zero-order chi connectivity index (χ0) is 29.1. The van der Waals surface area contributed by atoms with E-state index in [0.717, 1.165) is 6.42 Å². The maximum absolute atomic E-state index is 4.01.